The van der Waals surface area contributed by atoms with Gasteiger partial charge in [0, 0.05) is 6.42 Å². The summed E-state index contributed by atoms with van der Waals surface area (Å²) in [7, 11) is 0. The van der Waals surface area contributed by atoms with E-state index in [2.05, 4.69) is 0 Å². The van der Waals surface area contributed by atoms with Gasteiger partial charge in [-0.05, 0) is 37.0 Å². The number of carbonyl (C=O) groups is 2. The van der Waals surface area contributed by atoms with E-state index in [0.717, 1.165) is 0 Å². The zero-order chi connectivity index (χ0) is 20.2. The van der Waals surface area contributed by atoms with Crippen LogP contribution in [-0.4, -0.2) is 38.6 Å². The lowest BCUT2D eigenvalue weighted by atomic mass is 9.78. The fraction of sp³-hybridized carbons (Fsp3) is 0.810. The van der Waals surface area contributed by atoms with Crippen LogP contribution in [0.15, 0.2) is 11.3 Å². The summed E-state index contributed by atoms with van der Waals surface area (Å²) in [6.45, 7) is 11.7. The van der Waals surface area contributed by atoms with Crippen molar-refractivity contribution in [3.8, 4) is 0 Å². The second-order valence-electron chi connectivity index (χ2n) is 8.95. The van der Waals surface area contributed by atoms with Crippen molar-refractivity contribution in [3.05, 3.63) is 11.3 Å². The average molecular weight is 369 g/mol. The largest absolute Gasteiger partial charge is 0.508 e. The first-order valence-corrected chi connectivity index (χ1v) is 9.84. The molecule has 5 nitrogen and oxygen atoms in total. The molecule has 0 bridgehead atoms. The third kappa shape index (κ3) is 4.95. The van der Waals surface area contributed by atoms with Crippen molar-refractivity contribution < 1.29 is 24.9 Å². The lowest BCUT2D eigenvalue weighted by Crippen LogP contribution is -2.49. The summed E-state index contributed by atoms with van der Waals surface area (Å²) in [5, 5.41) is 32.5. The van der Waals surface area contributed by atoms with E-state index in [1.165, 1.54) is 0 Å². The third-order valence-corrected chi connectivity index (χ3v) is 5.14. The monoisotopic (exact) mass is 368 g/mol. The molecule has 3 N–H and O–H groups in total. The standard InChI is InChI=1S/C21H36O5/c1-12(2)7-9-15-19(24)18(16(22)11-14(5)6)20(25)21(15,26)17(23)10-8-13(3)4/h12-15,17,23,25-26H,7-11H2,1-6H3/t15?,17-,21-/m1/s1. The molecule has 26 heavy (non-hydrogen) atoms. The molecule has 0 radical (unpaired) electrons. The molecule has 1 rings (SSSR count). The first-order valence-electron chi connectivity index (χ1n) is 9.84. The van der Waals surface area contributed by atoms with E-state index >= 15 is 0 Å². The first-order chi connectivity index (χ1) is 11.9. The van der Waals surface area contributed by atoms with Gasteiger partial charge in [0.15, 0.2) is 17.2 Å². The van der Waals surface area contributed by atoms with Crippen LogP contribution < -0.4 is 0 Å². The number of hydrogen-bond donors (Lipinski definition) is 3. The van der Waals surface area contributed by atoms with Crippen LogP contribution in [0.1, 0.15) is 73.6 Å². The van der Waals surface area contributed by atoms with E-state index in [0.29, 0.717) is 31.1 Å². The summed E-state index contributed by atoms with van der Waals surface area (Å²) in [4.78, 5) is 25.4. The van der Waals surface area contributed by atoms with Crippen LogP contribution in [0.3, 0.4) is 0 Å². The van der Waals surface area contributed by atoms with Gasteiger partial charge in [0.1, 0.15) is 11.3 Å². The average Bonchev–Trinajstić information content (AvgIpc) is 2.69. The molecule has 5 heteroatoms. The number of Topliss-reactive ketones (excluding diaryl/α,β-unsaturated/α-hetero) is 2. The fourth-order valence-corrected chi connectivity index (χ4v) is 3.55. The van der Waals surface area contributed by atoms with E-state index in [1.54, 1.807) is 0 Å². The van der Waals surface area contributed by atoms with Gasteiger partial charge in [-0.15, -0.1) is 0 Å². The molecular weight excluding hydrogens is 332 g/mol. The Bertz CT molecular complexity index is 547. The second kappa shape index (κ2) is 9.14. The van der Waals surface area contributed by atoms with E-state index in [4.69, 9.17) is 0 Å². The molecule has 0 aromatic carbocycles. The van der Waals surface area contributed by atoms with Gasteiger partial charge in [0.2, 0.25) is 0 Å². The number of allylic oxidation sites excluding steroid dienone is 1. The topological polar surface area (TPSA) is 94.8 Å². The molecule has 0 saturated carbocycles. The molecule has 0 fully saturated rings. The zero-order valence-electron chi connectivity index (χ0n) is 17.1. The summed E-state index contributed by atoms with van der Waals surface area (Å²) >= 11 is 0. The molecule has 3 atom stereocenters. The molecule has 0 amide bonds. The number of rotatable bonds is 10. The van der Waals surface area contributed by atoms with Crippen LogP contribution in [0.5, 0.6) is 0 Å². The van der Waals surface area contributed by atoms with Crippen LogP contribution in [-0.2, 0) is 9.59 Å². The van der Waals surface area contributed by atoms with Crippen molar-refractivity contribution >= 4 is 11.6 Å². The Morgan fingerprint density at radius 1 is 1.00 bits per heavy atom. The van der Waals surface area contributed by atoms with Crippen LogP contribution in [0, 0.1) is 23.7 Å². The van der Waals surface area contributed by atoms with Gasteiger partial charge >= 0.3 is 0 Å². The van der Waals surface area contributed by atoms with Crippen molar-refractivity contribution in [1.82, 2.24) is 0 Å². The maximum atomic E-state index is 12.9. The van der Waals surface area contributed by atoms with Gasteiger partial charge < -0.3 is 15.3 Å². The minimum atomic E-state index is -2.07. The quantitative estimate of drug-likeness (QED) is 0.512. The van der Waals surface area contributed by atoms with Crippen LogP contribution >= 0.6 is 0 Å². The maximum absolute atomic E-state index is 12.9. The predicted octanol–water partition coefficient (Wildman–Crippen LogP) is 3.58. The number of carbonyl (C=O) groups excluding carboxylic acids is 2. The highest BCUT2D eigenvalue weighted by atomic mass is 16.4. The highest BCUT2D eigenvalue weighted by Gasteiger charge is 2.58. The Morgan fingerprint density at radius 2 is 1.54 bits per heavy atom. The van der Waals surface area contributed by atoms with Gasteiger partial charge in [-0.1, -0.05) is 48.0 Å². The molecule has 0 aromatic rings. The highest BCUT2D eigenvalue weighted by Crippen LogP contribution is 2.44. The smallest absolute Gasteiger partial charge is 0.176 e. The zero-order valence-corrected chi connectivity index (χ0v) is 17.1. The number of ketones is 2. The molecule has 0 spiro atoms. The van der Waals surface area contributed by atoms with Gasteiger partial charge in [-0.3, -0.25) is 9.59 Å². The highest BCUT2D eigenvalue weighted by molar-refractivity contribution is 6.23. The molecule has 1 aliphatic rings. The predicted molar refractivity (Wildman–Crippen MR) is 102 cm³/mol. The van der Waals surface area contributed by atoms with Crippen molar-refractivity contribution in [3.63, 3.8) is 0 Å². The Balaban J connectivity index is 3.24. The summed E-state index contributed by atoms with van der Waals surface area (Å²) in [5.74, 6) is -1.94. The minimum Gasteiger partial charge on any atom is -0.508 e. The number of hydrogen-bond acceptors (Lipinski definition) is 5. The minimum absolute atomic E-state index is 0.0317. The molecular formula is C21H36O5. The molecule has 0 aliphatic heterocycles. The lowest BCUT2D eigenvalue weighted by molar-refractivity contribution is -0.137. The van der Waals surface area contributed by atoms with Gasteiger partial charge in [0.05, 0.1) is 12.0 Å². The van der Waals surface area contributed by atoms with E-state index < -0.39 is 34.9 Å². The molecule has 1 aliphatic carbocycles. The van der Waals surface area contributed by atoms with Gasteiger partial charge in [-0.2, -0.15) is 0 Å². The summed E-state index contributed by atoms with van der Waals surface area (Å²) in [6, 6.07) is 0. The first kappa shape index (κ1) is 22.8. The summed E-state index contributed by atoms with van der Waals surface area (Å²) < 4.78 is 0. The van der Waals surface area contributed by atoms with Crippen molar-refractivity contribution in [2.45, 2.75) is 85.4 Å². The second-order valence-corrected chi connectivity index (χ2v) is 8.95. The van der Waals surface area contributed by atoms with Crippen LogP contribution in [0.25, 0.3) is 0 Å². The number of aliphatic hydroxyl groups is 3. The van der Waals surface area contributed by atoms with E-state index in [9.17, 15) is 24.9 Å². The van der Waals surface area contributed by atoms with Gasteiger partial charge in [0.25, 0.3) is 0 Å². The number of aliphatic hydroxyl groups excluding tert-OH is 2. The Kier molecular flexibility index (Phi) is 8.03. The Labute approximate surface area is 157 Å². The molecule has 0 heterocycles. The van der Waals surface area contributed by atoms with Crippen LogP contribution in [0.2, 0.25) is 0 Å². The fourth-order valence-electron chi connectivity index (χ4n) is 3.55. The molecule has 0 aromatic heterocycles. The van der Waals surface area contributed by atoms with Gasteiger partial charge in [-0.25, -0.2) is 0 Å². The lowest BCUT2D eigenvalue weighted by Gasteiger charge is -2.34. The molecule has 150 valence electrons. The van der Waals surface area contributed by atoms with Crippen LogP contribution in [0.4, 0.5) is 0 Å². The van der Waals surface area contributed by atoms with E-state index in [-0.39, 0.29) is 24.3 Å². The van der Waals surface area contributed by atoms with E-state index in [1.807, 2.05) is 41.5 Å². The maximum Gasteiger partial charge on any atom is 0.176 e. The van der Waals surface area contributed by atoms with Crippen molar-refractivity contribution in [2.75, 3.05) is 0 Å². The normalized spacial score (nSPS) is 25.0. The summed E-state index contributed by atoms with van der Waals surface area (Å²) in [6.07, 6.45) is 0.741. The Hall–Kier alpha value is -1.20. The van der Waals surface area contributed by atoms with Crippen molar-refractivity contribution in [1.29, 1.82) is 0 Å². The molecule has 0 saturated heterocycles. The molecule has 1 unspecified atom stereocenters. The van der Waals surface area contributed by atoms with Crippen molar-refractivity contribution in [2.24, 2.45) is 23.7 Å². The third-order valence-electron chi connectivity index (χ3n) is 5.14. The Morgan fingerprint density at radius 3 is 2.00 bits per heavy atom. The summed E-state index contributed by atoms with van der Waals surface area (Å²) in [5.41, 5.74) is -2.37. The SMILES string of the molecule is CC(C)CCC1C(=O)C(C(=O)CC(C)C)=C(O)[C@]1(O)[C@H](O)CCC(C)C.